The maximum Gasteiger partial charge on any atom is 0.407 e. The van der Waals surface area contributed by atoms with Crippen LogP contribution in [0.15, 0.2) is 0 Å². The van der Waals surface area contributed by atoms with Crippen molar-refractivity contribution in [2.24, 2.45) is 5.73 Å². The van der Waals surface area contributed by atoms with E-state index in [2.05, 4.69) is 22.9 Å². The first-order chi connectivity index (χ1) is 6.31. The van der Waals surface area contributed by atoms with Crippen LogP contribution in [0.3, 0.4) is 0 Å². The second-order valence-electron chi connectivity index (χ2n) is 3.72. The lowest BCUT2D eigenvalue weighted by atomic mass is 10.2. The van der Waals surface area contributed by atoms with Crippen molar-refractivity contribution < 1.29 is 9.53 Å². The Morgan fingerprint density at radius 1 is 1.36 bits per heavy atom. The number of hydrogen-bond acceptors (Lipinski definition) is 3. The Bertz CT molecular complexity index is 213. The summed E-state index contributed by atoms with van der Waals surface area (Å²) in [4.78, 5) is 11.1. The largest absolute Gasteiger partial charge is 0.444 e. The van der Waals surface area contributed by atoms with Gasteiger partial charge in [0, 0.05) is 13.1 Å². The molecule has 0 heterocycles. The predicted molar refractivity (Wildman–Crippen MR) is 59.0 cm³/mol. The molecule has 0 saturated heterocycles. The molecule has 82 valence electrons. The van der Waals surface area contributed by atoms with Gasteiger partial charge in [-0.05, 0) is 33.0 Å². The van der Waals surface area contributed by atoms with Crippen LogP contribution in [0.2, 0.25) is 0 Å². The van der Waals surface area contributed by atoms with E-state index in [4.69, 9.17) is 10.5 Å². The van der Waals surface area contributed by atoms with Gasteiger partial charge in [-0.2, -0.15) is 0 Å². The summed E-state index contributed by atoms with van der Waals surface area (Å²) in [7, 11) is 0. The molecule has 0 aliphatic heterocycles. The molecule has 0 fully saturated rings. The average Bonchev–Trinajstić information content (AvgIpc) is 1.94. The first-order valence-corrected chi connectivity index (χ1v) is 4.72. The van der Waals surface area contributed by atoms with Crippen LogP contribution in [0.5, 0.6) is 0 Å². The molecule has 5 nitrogen and oxygen atoms in total. The number of nitrogens with two attached hydrogens (primary N) is 1. The molecule has 0 aliphatic carbocycles. The molecule has 0 aromatic rings. The number of ether oxygens (including phenoxy) is 1. The van der Waals surface area contributed by atoms with Crippen LogP contribution < -0.4 is 16.4 Å². The molecule has 0 aromatic carbocycles. The molecule has 0 bridgehead atoms. The van der Waals surface area contributed by atoms with Gasteiger partial charge in [0.1, 0.15) is 5.60 Å². The van der Waals surface area contributed by atoms with E-state index in [9.17, 15) is 4.79 Å². The molecule has 0 spiro atoms. The van der Waals surface area contributed by atoms with Crippen molar-refractivity contribution in [3.63, 3.8) is 0 Å². The smallest absolute Gasteiger partial charge is 0.407 e. The maximum absolute atomic E-state index is 11.1. The Balaban J connectivity index is 3.50. The fraction of sp³-hybridized carbons (Fsp3) is 0.750. The third-order valence-corrected chi connectivity index (χ3v) is 1.24. The molecule has 14 heavy (non-hydrogen) atoms. The fourth-order valence-electron chi connectivity index (χ4n) is 0.664. The molecule has 0 atom stereocenters. The highest BCUT2D eigenvalue weighted by atomic mass is 32.1. The van der Waals surface area contributed by atoms with E-state index in [-0.39, 0.29) is 5.11 Å². The van der Waals surface area contributed by atoms with Crippen molar-refractivity contribution in [2.75, 3.05) is 13.1 Å². The van der Waals surface area contributed by atoms with E-state index >= 15 is 0 Å². The van der Waals surface area contributed by atoms with Gasteiger partial charge in [-0.1, -0.05) is 0 Å². The van der Waals surface area contributed by atoms with Crippen LogP contribution in [-0.4, -0.2) is 29.9 Å². The van der Waals surface area contributed by atoms with Crippen molar-refractivity contribution in [3.8, 4) is 0 Å². The van der Waals surface area contributed by atoms with Crippen molar-refractivity contribution in [1.82, 2.24) is 10.6 Å². The monoisotopic (exact) mass is 219 g/mol. The van der Waals surface area contributed by atoms with E-state index in [1.165, 1.54) is 0 Å². The highest BCUT2D eigenvalue weighted by Crippen LogP contribution is 2.05. The topological polar surface area (TPSA) is 76.4 Å². The number of thiocarbonyl (C=S) groups is 1. The molecule has 0 rings (SSSR count). The van der Waals surface area contributed by atoms with E-state index in [0.717, 1.165) is 0 Å². The van der Waals surface area contributed by atoms with Crippen LogP contribution in [0, 0.1) is 0 Å². The van der Waals surface area contributed by atoms with Crippen molar-refractivity contribution in [1.29, 1.82) is 0 Å². The van der Waals surface area contributed by atoms with Crippen molar-refractivity contribution >= 4 is 23.4 Å². The van der Waals surface area contributed by atoms with Gasteiger partial charge in [0.15, 0.2) is 5.11 Å². The van der Waals surface area contributed by atoms with Crippen LogP contribution >= 0.6 is 12.2 Å². The van der Waals surface area contributed by atoms with E-state index in [1.807, 2.05) is 0 Å². The molecule has 0 radical (unpaired) electrons. The van der Waals surface area contributed by atoms with E-state index in [0.29, 0.717) is 13.1 Å². The lowest BCUT2D eigenvalue weighted by Crippen LogP contribution is -2.39. The van der Waals surface area contributed by atoms with Crippen LogP contribution in [0.1, 0.15) is 20.8 Å². The second kappa shape index (κ2) is 5.64. The number of rotatable bonds is 3. The first kappa shape index (κ1) is 13.0. The minimum absolute atomic E-state index is 0.219. The van der Waals surface area contributed by atoms with Gasteiger partial charge < -0.3 is 21.1 Å². The quantitative estimate of drug-likeness (QED) is 0.471. The molecule has 4 N–H and O–H groups in total. The molecule has 0 aliphatic rings. The van der Waals surface area contributed by atoms with Crippen LogP contribution in [-0.2, 0) is 4.74 Å². The minimum Gasteiger partial charge on any atom is -0.444 e. The first-order valence-electron chi connectivity index (χ1n) is 4.31. The normalized spacial score (nSPS) is 10.5. The van der Waals surface area contributed by atoms with Gasteiger partial charge in [-0.25, -0.2) is 4.79 Å². The molecular weight excluding hydrogens is 202 g/mol. The number of carbonyl (C=O) groups excluding carboxylic acids is 1. The van der Waals surface area contributed by atoms with Gasteiger partial charge in [0.25, 0.3) is 0 Å². The standard InChI is InChI=1S/C8H17N3O2S/c1-8(2,3)13-7(12)11-5-4-10-6(9)14/h4-5H2,1-3H3,(H,11,12)(H3,9,10,14). The molecule has 0 saturated carbocycles. The summed E-state index contributed by atoms with van der Waals surface area (Å²) in [5.74, 6) is 0. The third kappa shape index (κ3) is 9.05. The van der Waals surface area contributed by atoms with Gasteiger partial charge in [-0.15, -0.1) is 0 Å². The Labute approximate surface area is 89.4 Å². The molecule has 1 amide bonds. The summed E-state index contributed by atoms with van der Waals surface area (Å²) in [6.45, 7) is 6.33. The van der Waals surface area contributed by atoms with Crippen molar-refractivity contribution in [2.45, 2.75) is 26.4 Å². The summed E-state index contributed by atoms with van der Waals surface area (Å²) >= 11 is 4.58. The number of carbonyl (C=O) groups is 1. The highest BCUT2D eigenvalue weighted by molar-refractivity contribution is 7.80. The lowest BCUT2D eigenvalue weighted by molar-refractivity contribution is 0.0529. The number of nitrogens with one attached hydrogen (secondary N) is 2. The Morgan fingerprint density at radius 3 is 2.29 bits per heavy atom. The SMILES string of the molecule is CC(C)(C)OC(=O)NCCNC(N)=S. The third-order valence-electron chi connectivity index (χ3n) is 1.09. The lowest BCUT2D eigenvalue weighted by Gasteiger charge is -2.19. The maximum atomic E-state index is 11.1. The number of hydrogen-bond donors (Lipinski definition) is 3. The Hall–Kier alpha value is -1.04. The predicted octanol–water partition coefficient (Wildman–Crippen LogP) is 0.344. The van der Waals surface area contributed by atoms with E-state index < -0.39 is 11.7 Å². The Kier molecular flexibility index (Phi) is 5.22. The average molecular weight is 219 g/mol. The molecule has 0 aromatic heterocycles. The molecule has 0 unspecified atom stereocenters. The van der Waals surface area contributed by atoms with Crippen molar-refractivity contribution in [3.05, 3.63) is 0 Å². The fourth-order valence-corrected chi connectivity index (χ4v) is 0.767. The summed E-state index contributed by atoms with van der Waals surface area (Å²) in [6, 6.07) is 0. The van der Waals surface area contributed by atoms with Crippen LogP contribution in [0.25, 0.3) is 0 Å². The zero-order valence-corrected chi connectivity index (χ0v) is 9.53. The molecule has 6 heteroatoms. The summed E-state index contributed by atoms with van der Waals surface area (Å²) in [5.41, 5.74) is 4.72. The number of alkyl carbamates (subject to hydrolysis) is 1. The van der Waals surface area contributed by atoms with Crippen LogP contribution in [0.4, 0.5) is 4.79 Å². The minimum atomic E-state index is -0.472. The summed E-state index contributed by atoms with van der Waals surface area (Å²) < 4.78 is 5.00. The molecular formula is C8H17N3O2S. The van der Waals surface area contributed by atoms with Gasteiger partial charge >= 0.3 is 6.09 Å². The van der Waals surface area contributed by atoms with E-state index in [1.54, 1.807) is 20.8 Å². The summed E-state index contributed by atoms with van der Waals surface area (Å²) in [6.07, 6.45) is -0.442. The zero-order valence-electron chi connectivity index (χ0n) is 8.72. The van der Waals surface area contributed by atoms with Gasteiger partial charge in [-0.3, -0.25) is 0 Å². The summed E-state index contributed by atoms with van der Waals surface area (Å²) in [5, 5.41) is 5.48. The second-order valence-corrected chi connectivity index (χ2v) is 4.16. The van der Waals surface area contributed by atoms with Gasteiger partial charge in [0.2, 0.25) is 0 Å². The highest BCUT2D eigenvalue weighted by Gasteiger charge is 2.15. The number of amides is 1. The zero-order chi connectivity index (χ0) is 11.2. The Morgan fingerprint density at radius 2 is 1.86 bits per heavy atom. The van der Waals surface area contributed by atoms with Gasteiger partial charge in [0.05, 0.1) is 0 Å².